The topological polar surface area (TPSA) is 127 Å². The van der Waals surface area contributed by atoms with Gasteiger partial charge in [0.1, 0.15) is 19.3 Å². The summed E-state index contributed by atoms with van der Waals surface area (Å²) >= 11 is 0. The lowest BCUT2D eigenvalue weighted by molar-refractivity contribution is -0.125. The van der Waals surface area contributed by atoms with Crippen LogP contribution in [-0.4, -0.2) is 109 Å². The summed E-state index contributed by atoms with van der Waals surface area (Å²) in [5.41, 5.74) is 0. The van der Waals surface area contributed by atoms with Crippen LogP contribution >= 0.6 is 0 Å². The average Bonchev–Trinajstić information content (AvgIpc) is 2.65. The molecule has 1 aliphatic rings. The van der Waals surface area contributed by atoms with Crippen molar-refractivity contribution in [2.45, 2.75) is 6.10 Å². The van der Waals surface area contributed by atoms with Gasteiger partial charge in [-0.2, -0.15) is 0 Å². The Morgan fingerprint density at radius 3 is 2.04 bits per heavy atom. The summed E-state index contributed by atoms with van der Waals surface area (Å²) in [6.07, 6.45) is -1.34. The number of hydrogen-bond donors (Lipinski definition) is 3. The fourth-order valence-corrected chi connectivity index (χ4v) is 2.31. The molecule has 0 unspecified atom stereocenters. The third-order valence-corrected chi connectivity index (χ3v) is 3.68. The van der Waals surface area contributed by atoms with Crippen molar-refractivity contribution in [3.63, 3.8) is 0 Å². The average molecular weight is 390 g/mol. The number of carbonyl (C=O) groups is 3. The highest BCUT2D eigenvalue weighted by Gasteiger charge is 2.17. The first kappa shape index (κ1) is 23.1. The fourth-order valence-electron chi connectivity index (χ4n) is 2.31. The molecular formula is C16H30N4O7. The first-order valence-electron chi connectivity index (χ1n) is 8.81. The summed E-state index contributed by atoms with van der Waals surface area (Å²) in [6, 6.07) is 0. The lowest BCUT2D eigenvalue weighted by atomic mass is 10.3. The molecule has 27 heavy (non-hydrogen) atoms. The van der Waals surface area contributed by atoms with Gasteiger partial charge < -0.3 is 34.9 Å². The summed E-state index contributed by atoms with van der Waals surface area (Å²) in [6.45, 7) is 4.05. The van der Waals surface area contributed by atoms with Crippen molar-refractivity contribution >= 4 is 17.9 Å². The molecule has 0 radical (unpaired) electrons. The van der Waals surface area contributed by atoms with Gasteiger partial charge in [-0.15, -0.1) is 0 Å². The van der Waals surface area contributed by atoms with Crippen LogP contribution in [0.25, 0.3) is 0 Å². The van der Waals surface area contributed by atoms with E-state index in [4.69, 9.17) is 18.9 Å². The van der Waals surface area contributed by atoms with E-state index in [1.54, 1.807) is 0 Å². The van der Waals surface area contributed by atoms with Crippen LogP contribution in [0.2, 0.25) is 0 Å². The molecule has 1 heterocycles. The highest BCUT2D eigenvalue weighted by molar-refractivity contribution is 5.78. The number of nitrogens with zero attached hydrogens (tertiary/aromatic N) is 1. The van der Waals surface area contributed by atoms with Gasteiger partial charge in [-0.1, -0.05) is 0 Å². The molecule has 11 heteroatoms. The van der Waals surface area contributed by atoms with Crippen LogP contribution in [0.15, 0.2) is 0 Å². The first-order chi connectivity index (χ1) is 13.0. The van der Waals surface area contributed by atoms with E-state index in [2.05, 4.69) is 20.9 Å². The summed E-state index contributed by atoms with van der Waals surface area (Å²) in [5.74, 6) is -0.691. The van der Waals surface area contributed by atoms with Crippen LogP contribution in [-0.2, 0) is 28.5 Å². The smallest absolute Gasteiger partial charge is 0.407 e. The zero-order chi connectivity index (χ0) is 19.9. The second-order valence-corrected chi connectivity index (χ2v) is 5.88. The molecule has 3 amide bonds. The van der Waals surface area contributed by atoms with Gasteiger partial charge in [-0.3, -0.25) is 14.5 Å². The Balaban J connectivity index is 2.35. The highest BCUT2D eigenvalue weighted by atomic mass is 16.6. The SMILES string of the molecule is COCC(=O)NCC(CNC(=O)COC)OC(=O)NCCN1CCOCC1. The zero-order valence-electron chi connectivity index (χ0n) is 16.0. The zero-order valence-corrected chi connectivity index (χ0v) is 16.0. The van der Waals surface area contributed by atoms with Gasteiger partial charge in [0.05, 0.1) is 26.3 Å². The summed E-state index contributed by atoms with van der Waals surface area (Å²) in [5, 5.41) is 7.83. The Morgan fingerprint density at radius 2 is 1.52 bits per heavy atom. The number of nitrogens with one attached hydrogen (secondary N) is 3. The molecule has 0 atom stereocenters. The number of amides is 3. The quantitative estimate of drug-likeness (QED) is 0.347. The minimum absolute atomic E-state index is 0.0480. The molecule has 1 fully saturated rings. The Morgan fingerprint density at radius 1 is 0.963 bits per heavy atom. The highest BCUT2D eigenvalue weighted by Crippen LogP contribution is 1.96. The van der Waals surface area contributed by atoms with Gasteiger partial charge in [0.25, 0.3) is 0 Å². The van der Waals surface area contributed by atoms with Gasteiger partial charge in [0, 0.05) is 40.4 Å². The van der Waals surface area contributed by atoms with Crippen LogP contribution in [0, 0.1) is 0 Å². The van der Waals surface area contributed by atoms with E-state index in [9.17, 15) is 14.4 Å². The van der Waals surface area contributed by atoms with E-state index in [1.807, 2.05) is 0 Å². The van der Waals surface area contributed by atoms with Gasteiger partial charge in [0.15, 0.2) is 0 Å². The van der Waals surface area contributed by atoms with Gasteiger partial charge in [-0.25, -0.2) is 4.79 Å². The van der Waals surface area contributed by atoms with E-state index in [-0.39, 0.29) is 38.1 Å². The molecule has 1 aliphatic heterocycles. The first-order valence-corrected chi connectivity index (χ1v) is 8.81. The number of methoxy groups -OCH3 is 2. The fraction of sp³-hybridized carbons (Fsp3) is 0.812. The minimum Gasteiger partial charge on any atom is -0.442 e. The van der Waals surface area contributed by atoms with Gasteiger partial charge in [0.2, 0.25) is 11.8 Å². The van der Waals surface area contributed by atoms with Crippen LogP contribution in [0.1, 0.15) is 0 Å². The van der Waals surface area contributed by atoms with Crippen molar-refractivity contribution in [3.05, 3.63) is 0 Å². The Labute approximate surface area is 159 Å². The lowest BCUT2D eigenvalue weighted by Crippen LogP contribution is -2.46. The summed E-state index contributed by atoms with van der Waals surface area (Å²) in [7, 11) is 2.81. The third kappa shape index (κ3) is 11.4. The molecule has 1 saturated heterocycles. The molecule has 11 nitrogen and oxygen atoms in total. The van der Waals surface area contributed by atoms with E-state index < -0.39 is 12.2 Å². The van der Waals surface area contributed by atoms with Crippen molar-refractivity contribution in [1.29, 1.82) is 0 Å². The maximum absolute atomic E-state index is 12.0. The third-order valence-electron chi connectivity index (χ3n) is 3.68. The van der Waals surface area contributed by atoms with Crippen LogP contribution in [0.4, 0.5) is 4.79 Å². The molecule has 0 aromatic carbocycles. The summed E-state index contributed by atoms with van der Waals surface area (Å²) in [4.78, 5) is 37.2. The number of hydrogen-bond acceptors (Lipinski definition) is 8. The molecule has 156 valence electrons. The van der Waals surface area contributed by atoms with Crippen LogP contribution < -0.4 is 16.0 Å². The predicted molar refractivity (Wildman–Crippen MR) is 95.3 cm³/mol. The molecule has 0 aromatic rings. The van der Waals surface area contributed by atoms with Crippen LogP contribution in [0.3, 0.4) is 0 Å². The molecular weight excluding hydrogens is 360 g/mol. The monoisotopic (exact) mass is 390 g/mol. The van der Waals surface area contributed by atoms with Gasteiger partial charge in [-0.05, 0) is 0 Å². The normalized spacial score (nSPS) is 14.6. The predicted octanol–water partition coefficient (Wildman–Crippen LogP) is -2.06. The molecule has 3 N–H and O–H groups in total. The molecule has 0 saturated carbocycles. The molecule has 0 aliphatic carbocycles. The minimum atomic E-state index is -0.727. The number of rotatable bonds is 12. The van der Waals surface area contributed by atoms with E-state index in [0.29, 0.717) is 26.3 Å². The van der Waals surface area contributed by atoms with Crippen molar-refractivity contribution in [2.24, 2.45) is 0 Å². The van der Waals surface area contributed by atoms with E-state index in [0.717, 1.165) is 13.1 Å². The summed E-state index contributed by atoms with van der Waals surface area (Å²) < 4.78 is 20.0. The van der Waals surface area contributed by atoms with Gasteiger partial charge >= 0.3 is 6.09 Å². The van der Waals surface area contributed by atoms with Crippen molar-refractivity contribution < 1.29 is 33.3 Å². The number of morpholine rings is 1. The number of alkyl carbamates (subject to hydrolysis) is 1. The second-order valence-electron chi connectivity index (χ2n) is 5.88. The van der Waals surface area contributed by atoms with Crippen molar-refractivity contribution in [3.8, 4) is 0 Å². The van der Waals surface area contributed by atoms with Crippen LogP contribution in [0.5, 0.6) is 0 Å². The van der Waals surface area contributed by atoms with E-state index in [1.165, 1.54) is 14.2 Å². The standard InChI is InChI=1S/C16H30N4O7/c1-24-11-14(21)18-9-13(10-19-15(22)12-25-2)27-16(23)17-3-4-20-5-7-26-8-6-20/h13H,3-12H2,1-2H3,(H,17,23)(H,18,21)(H,19,22). The molecule has 0 aromatic heterocycles. The Kier molecular flexibility index (Phi) is 12.1. The lowest BCUT2D eigenvalue weighted by Gasteiger charge is -2.26. The number of carbonyl (C=O) groups excluding carboxylic acids is 3. The largest absolute Gasteiger partial charge is 0.442 e. The second kappa shape index (κ2) is 14.2. The molecule has 0 spiro atoms. The Bertz CT molecular complexity index is 436. The van der Waals surface area contributed by atoms with Crippen molar-refractivity contribution in [2.75, 3.05) is 79.9 Å². The molecule has 1 rings (SSSR count). The van der Waals surface area contributed by atoms with Crippen molar-refractivity contribution in [1.82, 2.24) is 20.9 Å². The number of ether oxygens (including phenoxy) is 4. The molecule has 0 bridgehead atoms. The maximum atomic E-state index is 12.0. The van der Waals surface area contributed by atoms with E-state index >= 15 is 0 Å². The maximum Gasteiger partial charge on any atom is 0.407 e. The Hall–Kier alpha value is -1.95.